The molecule has 1 fully saturated rings. The Balaban J connectivity index is 1.74. The molecule has 0 aromatic carbocycles. The molecule has 1 aliphatic heterocycles. The summed E-state index contributed by atoms with van der Waals surface area (Å²) in [5.74, 6) is 0.0145. The Labute approximate surface area is 110 Å². The summed E-state index contributed by atoms with van der Waals surface area (Å²) in [7, 11) is 0. The molecule has 1 unspecified atom stereocenters. The maximum Gasteiger partial charge on any atom is 0.330 e. The third kappa shape index (κ3) is 4.15. The van der Waals surface area contributed by atoms with E-state index in [2.05, 4.69) is 4.98 Å². The maximum absolute atomic E-state index is 10.7. The van der Waals surface area contributed by atoms with Gasteiger partial charge in [0.2, 0.25) is 0 Å². The Morgan fingerprint density at radius 1 is 1.47 bits per heavy atom. The molecule has 0 radical (unpaired) electrons. The quantitative estimate of drug-likeness (QED) is 0.445. The van der Waals surface area contributed by atoms with E-state index in [0.717, 1.165) is 25.9 Å². The van der Waals surface area contributed by atoms with E-state index in [4.69, 9.17) is 14.2 Å². The number of ether oxygens (including phenoxy) is 3. The maximum atomic E-state index is 10.7. The highest BCUT2D eigenvalue weighted by atomic mass is 16.7. The number of hydrogen-bond donors (Lipinski definition) is 0. The molecule has 0 N–H and O–H groups in total. The fraction of sp³-hybridized carbons (Fsp3) is 0.583. The van der Waals surface area contributed by atoms with Gasteiger partial charge in [0.05, 0.1) is 11.5 Å². The smallest absolute Gasteiger partial charge is 0.330 e. The van der Waals surface area contributed by atoms with Gasteiger partial charge >= 0.3 is 5.69 Å². The predicted octanol–water partition coefficient (Wildman–Crippen LogP) is 1.91. The molecule has 1 aliphatic rings. The van der Waals surface area contributed by atoms with Crippen LogP contribution in [0, 0.1) is 10.1 Å². The molecule has 0 amide bonds. The Morgan fingerprint density at radius 2 is 2.37 bits per heavy atom. The molecule has 7 heteroatoms. The van der Waals surface area contributed by atoms with Gasteiger partial charge in [0, 0.05) is 18.9 Å². The highest BCUT2D eigenvalue weighted by Gasteiger charge is 2.16. The van der Waals surface area contributed by atoms with Gasteiger partial charge in [-0.1, -0.05) is 0 Å². The van der Waals surface area contributed by atoms with E-state index in [1.165, 1.54) is 18.3 Å². The molecular formula is C12H16N2O5. The summed E-state index contributed by atoms with van der Waals surface area (Å²) in [6, 6.07) is 2.85. The lowest BCUT2D eigenvalue weighted by Gasteiger charge is -2.22. The number of rotatable bonds is 6. The second-order valence-corrected chi connectivity index (χ2v) is 4.10. The standard InChI is InChI=1S/C12H16N2O5/c15-14(16)10-4-3-6-13-12(10)19-9-8-18-11-5-1-2-7-17-11/h3-4,6,11H,1-2,5,7-9H2. The van der Waals surface area contributed by atoms with Crippen LogP contribution in [-0.4, -0.2) is 36.0 Å². The Bertz CT molecular complexity index is 420. The van der Waals surface area contributed by atoms with Crippen LogP contribution in [0.15, 0.2) is 18.3 Å². The van der Waals surface area contributed by atoms with Crippen LogP contribution in [0.5, 0.6) is 5.88 Å². The van der Waals surface area contributed by atoms with Crippen LogP contribution in [0.3, 0.4) is 0 Å². The predicted molar refractivity (Wildman–Crippen MR) is 65.9 cm³/mol. The number of nitrogens with zero attached hydrogens (tertiary/aromatic N) is 2. The second-order valence-electron chi connectivity index (χ2n) is 4.10. The second kappa shape index (κ2) is 7.01. The molecule has 1 atom stereocenters. The van der Waals surface area contributed by atoms with E-state index in [0.29, 0.717) is 6.61 Å². The van der Waals surface area contributed by atoms with Gasteiger partial charge in [0.1, 0.15) is 6.61 Å². The average Bonchev–Trinajstić information content (AvgIpc) is 2.45. The zero-order chi connectivity index (χ0) is 13.5. The number of pyridine rings is 1. The first kappa shape index (κ1) is 13.7. The van der Waals surface area contributed by atoms with Gasteiger partial charge in [0.25, 0.3) is 5.88 Å². The molecule has 1 aromatic heterocycles. The first-order valence-corrected chi connectivity index (χ1v) is 6.23. The molecule has 2 heterocycles. The summed E-state index contributed by atoms with van der Waals surface area (Å²) in [6.45, 7) is 1.24. The number of aromatic nitrogens is 1. The van der Waals surface area contributed by atoms with Gasteiger partial charge in [-0.2, -0.15) is 0 Å². The van der Waals surface area contributed by atoms with E-state index in [-0.39, 0.29) is 24.5 Å². The van der Waals surface area contributed by atoms with Crippen molar-refractivity contribution in [2.75, 3.05) is 19.8 Å². The van der Waals surface area contributed by atoms with Gasteiger partial charge < -0.3 is 14.2 Å². The van der Waals surface area contributed by atoms with Crippen molar-refractivity contribution in [3.63, 3.8) is 0 Å². The zero-order valence-corrected chi connectivity index (χ0v) is 10.5. The van der Waals surface area contributed by atoms with Gasteiger partial charge in [-0.05, 0) is 25.3 Å². The fourth-order valence-electron chi connectivity index (χ4n) is 1.79. The molecule has 0 bridgehead atoms. The van der Waals surface area contributed by atoms with Crippen LogP contribution in [0.2, 0.25) is 0 Å². The Morgan fingerprint density at radius 3 is 3.11 bits per heavy atom. The summed E-state index contributed by atoms with van der Waals surface area (Å²) in [4.78, 5) is 14.0. The number of hydrogen-bond acceptors (Lipinski definition) is 6. The van der Waals surface area contributed by atoms with E-state index in [1.54, 1.807) is 0 Å². The van der Waals surface area contributed by atoms with E-state index in [9.17, 15) is 10.1 Å². The van der Waals surface area contributed by atoms with Gasteiger partial charge in [0.15, 0.2) is 6.29 Å². The van der Waals surface area contributed by atoms with Crippen LogP contribution < -0.4 is 4.74 Å². The molecule has 0 saturated carbocycles. The van der Waals surface area contributed by atoms with Gasteiger partial charge in [-0.3, -0.25) is 10.1 Å². The molecule has 0 aliphatic carbocycles. The topological polar surface area (TPSA) is 83.7 Å². The van der Waals surface area contributed by atoms with Crippen molar-refractivity contribution < 1.29 is 19.1 Å². The molecule has 104 valence electrons. The highest BCUT2D eigenvalue weighted by molar-refractivity contribution is 5.39. The number of nitro groups is 1. The van der Waals surface area contributed by atoms with Crippen molar-refractivity contribution in [1.29, 1.82) is 0 Å². The molecule has 7 nitrogen and oxygen atoms in total. The minimum Gasteiger partial charge on any atom is -0.470 e. The zero-order valence-electron chi connectivity index (χ0n) is 10.5. The molecular weight excluding hydrogens is 252 g/mol. The Hall–Kier alpha value is -1.73. The molecule has 2 rings (SSSR count). The lowest BCUT2D eigenvalue weighted by atomic mass is 10.2. The summed E-state index contributed by atoms with van der Waals surface area (Å²) in [5.41, 5.74) is -0.142. The SMILES string of the molecule is O=[N+]([O-])c1cccnc1OCCOC1CCCCO1. The first-order valence-electron chi connectivity index (χ1n) is 6.23. The summed E-state index contributed by atoms with van der Waals surface area (Å²) < 4.78 is 16.1. The van der Waals surface area contributed by atoms with E-state index >= 15 is 0 Å². The van der Waals surface area contributed by atoms with E-state index < -0.39 is 4.92 Å². The average molecular weight is 268 g/mol. The largest absolute Gasteiger partial charge is 0.470 e. The molecule has 1 saturated heterocycles. The van der Waals surface area contributed by atoms with Crippen molar-refractivity contribution in [3.05, 3.63) is 28.4 Å². The van der Waals surface area contributed by atoms with Gasteiger partial charge in [-0.15, -0.1) is 0 Å². The van der Waals surface area contributed by atoms with Crippen molar-refractivity contribution in [3.8, 4) is 5.88 Å². The fourth-order valence-corrected chi connectivity index (χ4v) is 1.79. The van der Waals surface area contributed by atoms with Gasteiger partial charge in [-0.25, -0.2) is 4.98 Å². The van der Waals surface area contributed by atoms with Crippen LogP contribution in [0.1, 0.15) is 19.3 Å². The highest BCUT2D eigenvalue weighted by Crippen LogP contribution is 2.22. The van der Waals surface area contributed by atoms with Crippen LogP contribution >= 0.6 is 0 Å². The van der Waals surface area contributed by atoms with Crippen LogP contribution in [0.25, 0.3) is 0 Å². The minimum atomic E-state index is -0.520. The van der Waals surface area contributed by atoms with Crippen molar-refractivity contribution in [1.82, 2.24) is 4.98 Å². The third-order valence-corrected chi connectivity index (χ3v) is 2.71. The molecule has 1 aromatic rings. The van der Waals surface area contributed by atoms with Crippen LogP contribution in [0.4, 0.5) is 5.69 Å². The monoisotopic (exact) mass is 268 g/mol. The van der Waals surface area contributed by atoms with Crippen LogP contribution in [-0.2, 0) is 9.47 Å². The normalized spacial score (nSPS) is 19.1. The van der Waals surface area contributed by atoms with Crippen molar-refractivity contribution >= 4 is 5.69 Å². The van der Waals surface area contributed by atoms with Crippen molar-refractivity contribution in [2.24, 2.45) is 0 Å². The first-order chi connectivity index (χ1) is 9.27. The lowest BCUT2D eigenvalue weighted by Crippen LogP contribution is -2.24. The molecule has 0 spiro atoms. The summed E-state index contributed by atoms with van der Waals surface area (Å²) in [5, 5.41) is 10.7. The molecule has 19 heavy (non-hydrogen) atoms. The third-order valence-electron chi connectivity index (χ3n) is 2.71. The lowest BCUT2D eigenvalue weighted by molar-refractivity contribution is -0.386. The van der Waals surface area contributed by atoms with Crippen molar-refractivity contribution in [2.45, 2.75) is 25.6 Å². The summed E-state index contributed by atoms with van der Waals surface area (Å²) in [6.07, 6.45) is 4.31. The van der Waals surface area contributed by atoms with E-state index in [1.807, 2.05) is 0 Å². The Kier molecular flexibility index (Phi) is 5.05. The summed E-state index contributed by atoms with van der Waals surface area (Å²) >= 11 is 0. The minimum absolute atomic E-state index is 0.0145.